The van der Waals surface area contributed by atoms with E-state index in [1.807, 2.05) is 0 Å². The van der Waals surface area contributed by atoms with E-state index in [1.165, 1.54) is 13.0 Å². The summed E-state index contributed by atoms with van der Waals surface area (Å²) in [6.07, 6.45) is 0. The summed E-state index contributed by atoms with van der Waals surface area (Å²) in [5.41, 5.74) is 5.34. The molecule has 8 nitrogen and oxygen atoms in total. The Balaban J connectivity index is 3.05. The smallest absolute Gasteiger partial charge is 0.293 e. The summed E-state index contributed by atoms with van der Waals surface area (Å²) >= 11 is 0. The number of aryl methyl sites for hydroxylation is 1. The molecule has 0 bridgehead atoms. The molecule has 112 valence electrons. The van der Waals surface area contributed by atoms with Crippen molar-refractivity contribution in [2.45, 2.75) is 18.7 Å². The van der Waals surface area contributed by atoms with Crippen LogP contribution in [0.1, 0.15) is 12.5 Å². The maximum absolute atomic E-state index is 12.1. The molecule has 20 heavy (non-hydrogen) atoms. The molecule has 0 aliphatic carbocycles. The van der Waals surface area contributed by atoms with E-state index in [4.69, 9.17) is 10.5 Å². The highest BCUT2D eigenvalue weighted by Crippen LogP contribution is 2.28. The normalized spacial score (nSPS) is 11.5. The molecule has 0 spiro atoms. The van der Waals surface area contributed by atoms with Gasteiger partial charge in [0.2, 0.25) is 10.0 Å². The van der Waals surface area contributed by atoms with Crippen LogP contribution in [0.4, 0.5) is 11.4 Å². The standard InChI is InChI=1S/C11H17N3O5S/c1-3-19-5-4-13-20(17,18)11-7-10(14(15)16)9(12)6-8(11)2/h6-7,13H,3-5,12H2,1-2H3. The average molecular weight is 303 g/mol. The highest BCUT2D eigenvalue weighted by molar-refractivity contribution is 7.89. The van der Waals surface area contributed by atoms with Crippen molar-refractivity contribution in [3.63, 3.8) is 0 Å². The second-order valence-electron chi connectivity index (χ2n) is 4.03. The fourth-order valence-corrected chi connectivity index (χ4v) is 2.87. The number of ether oxygens (including phenoxy) is 1. The van der Waals surface area contributed by atoms with Gasteiger partial charge >= 0.3 is 0 Å². The van der Waals surface area contributed by atoms with Crippen LogP contribution in [0.15, 0.2) is 17.0 Å². The number of rotatable bonds is 7. The molecule has 0 saturated carbocycles. The maximum Gasteiger partial charge on any atom is 0.293 e. The Hall–Kier alpha value is -1.71. The summed E-state index contributed by atoms with van der Waals surface area (Å²) in [7, 11) is -3.83. The van der Waals surface area contributed by atoms with Gasteiger partial charge in [-0.3, -0.25) is 10.1 Å². The lowest BCUT2D eigenvalue weighted by molar-refractivity contribution is -0.384. The van der Waals surface area contributed by atoms with Crippen LogP contribution in [0, 0.1) is 17.0 Å². The van der Waals surface area contributed by atoms with Gasteiger partial charge in [0.05, 0.1) is 16.4 Å². The minimum Gasteiger partial charge on any atom is -0.393 e. The van der Waals surface area contributed by atoms with Gasteiger partial charge in [-0.15, -0.1) is 0 Å². The SMILES string of the molecule is CCOCCNS(=O)(=O)c1cc([N+](=O)[O-])c(N)cc1C. The molecule has 3 N–H and O–H groups in total. The summed E-state index contributed by atoms with van der Waals surface area (Å²) < 4.78 is 31.5. The lowest BCUT2D eigenvalue weighted by atomic mass is 10.2. The molecule has 1 aromatic carbocycles. The van der Waals surface area contributed by atoms with Gasteiger partial charge in [-0.05, 0) is 25.5 Å². The Bertz CT molecular complexity index is 600. The first-order valence-electron chi connectivity index (χ1n) is 5.91. The Kier molecular flexibility index (Phi) is 5.43. The first kappa shape index (κ1) is 16.3. The van der Waals surface area contributed by atoms with Crippen LogP contribution in [-0.2, 0) is 14.8 Å². The molecule has 0 aromatic heterocycles. The number of nitro benzene ring substituents is 1. The van der Waals surface area contributed by atoms with Gasteiger partial charge in [-0.1, -0.05) is 0 Å². The van der Waals surface area contributed by atoms with Gasteiger partial charge in [-0.2, -0.15) is 0 Å². The van der Waals surface area contributed by atoms with Gasteiger partial charge < -0.3 is 10.5 Å². The van der Waals surface area contributed by atoms with E-state index in [9.17, 15) is 18.5 Å². The van der Waals surface area contributed by atoms with Crippen molar-refractivity contribution in [3.8, 4) is 0 Å². The van der Waals surface area contributed by atoms with Crippen molar-refractivity contribution in [2.24, 2.45) is 0 Å². The second kappa shape index (κ2) is 6.64. The summed E-state index contributed by atoms with van der Waals surface area (Å²) in [5.74, 6) is 0. The number of nitrogens with zero attached hydrogens (tertiary/aromatic N) is 1. The molecule has 0 radical (unpaired) electrons. The van der Waals surface area contributed by atoms with Crippen molar-refractivity contribution in [3.05, 3.63) is 27.8 Å². The van der Waals surface area contributed by atoms with Gasteiger partial charge in [0.15, 0.2) is 0 Å². The van der Waals surface area contributed by atoms with Crippen LogP contribution < -0.4 is 10.5 Å². The van der Waals surface area contributed by atoms with E-state index in [-0.39, 0.29) is 23.7 Å². The third kappa shape index (κ3) is 3.89. The third-order valence-corrected chi connectivity index (χ3v) is 4.16. The summed E-state index contributed by atoms with van der Waals surface area (Å²) in [5, 5.41) is 10.8. The molecular weight excluding hydrogens is 286 g/mol. The Morgan fingerprint density at radius 3 is 2.65 bits per heavy atom. The van der Waals surface area contributed by atoms with Crippen molar-refractivity contribution in [1.29, 1.82) is 0 Å². The molecule has 0 saturated heterocycles. The molecule has 1 aromatic rings. The van der Waals surface area contributed by atoms with Crippen LogP contribution in [0.3, 0.4) is 0 Å². The van der Waals surface area contributed by atoms with E-state index >= 15 is 0 Å². The van der Waals surface area contributed by atoms with E-state index in [0.29, 0.717) is 12.2 Å². The van der Waals surface area contributed by atoms with Gasteiger partial charge in [0, 0.05) is 19.2 Å². The number of hydrogen-bond acceptors (Lipinski definition) is 6. The zero-order valence-electron chi connectivity index (χ0n) is 11.3. The molecule has 0 aliphatic rings. The minimum atomic E-state index is -3.83. The first-order chi connectivity index (χ1) is 9.29. The Morgan fingerprint density at radius 2 is 2.10 bits per heavy atom. The molecule has 0 aliphatic heterocycles. The molecule has 1 rings (SSSR count). The highest BCUT2D eigenvalue weighted by atomic mass is 32.2. The Morgan fingerprint density at radius 1 is 1.45 bits per heavy atom. The van der Waals surface area contributed by atoms with Gasteiger partial charge in [0.1, 0.15) is 5.69 Å². The maximum atomic E-state index is 12.1. The summed E-state index contributed by atoms with van der Waals surface area (Å²) in [4.78, 5) is 9.93. The minimum absolute atomic E-state index is 0.0687. The van der Waals surface area contributed by atoms with Gasteiger partial charge in [0.25, 0.3) is 5.69 Å². The van der Waals surface area contributed by atoms with E-state index < -0.39 is 20.6 Å². The van der Waals surface area contributed by atoms with Crippen LogP contribution >= 0.6 is 0 Å². The lowest BCUT2D eigenvalue weighted by Gasteiger charge is -2.10. The zero-order valence-corrected chi connectivity index (χ0v) is 12.1. The largest absolute Gasteiger partial charge is 0.393 e. The highest BCUT2D eigenvalue weighted by Gasteiger charge is 2.22. The number of sulfonamides is 1. The van der Waals surface area contributed by atoms with Crippen LogP contribution in [0.25, 0.3) is 0 Å². The van der Waals surface area contributed by atoms with E-state index in [2.05, 4.69) is 4.72 Å². The fraction of sp³-hybridized carbons (Fsp3) is 0.455. The fourth-order valence-electron chi connectivity index (χ4n) is 1.62. The topological polar surface area (TPSA) is 125 Å². The van der Waals surface area contributed by atoms with Crippen molar-refractivity contribution < 1.29 is 18.1 Å². The second-order valence-corrected chi connectivity index (χ2v) is 5.76. The van der Waals surface area contributed by atoms with Crippen LogP contribution in [-0.4, -0.2) is 33.1 Å². The summed E-state index contributed by atoms with van der Waals surface area (Å²) in [6.45, 7) is 4.12. The predicted octanol–water partition coefficient (Wildman–Crippen LogP) is 0.800. The molecule has 0 heterocycles. The molecule has 9 heteroatoms. The molecular formula is C11H17N3O5S. The molecule has 0 fully saturated rings. The first-order valence-corrected chi connectivity index (χ1v) is 7.39. The monoisotopic (exact) mass is 303 g/mol. The number of nitro groups is 1. The molecule has 0 amide bonds. The van der Waals surface area contributed by atoms with Crippen LogP contribution in [0.5, 0.6) is 0 Å². The van der Waals surface area contributed by atoms with E-state index in [1.54, 1.807) is 6.92 Å². The van der Waals surface area contributed by atoms with Gasteiger partial charge in [-0.25, -0.2) is 13.1 Å². The molecule has 0 atom stereocenters. The van der Waals surface area contributed by atoms with Crippen LogP contribution in [0.2, 0.25) is 0 Å². The number of anilines is 1. The zero-order chi connectivity index (χ0) is 15.3. The number of hydrogen-bond donors (Lipinski definition) is 2. The van der Waals surface area contributed by atoms with Crippen molar-refractivity contribution >= 4 is 21.4 Å². The number of nitrogen functional groups attached to an aromatic ring is 1. The summed E-state index contributed by atoms with van der Waals surface area (Å²) in [6, 6.07) is 2.24. The van der Waals surface area contributed by atoms with Crippen molar-refractivity contribution in [1.82, 2.24) is 4.72 Å². The Labute approximate surface area is 117 Å². The van der Waals surface area contributed by atoms with E-state index in [0.717, 1.165) is 6.07 Å². The quantitative estimate of drug-likeness (QED) is 0.332. The average Bonchev–Trinajstić information content (AvgIpc) is 2.33. The number of nitrogens with two attached hydrogens (primary N) is 1. The predicted molar refractivity (Wildman–Crippen MR) is 73.9 cm³/mol. The number of benzene rings is 1. The lowest BCUT2D eigenvalue weighted by Crippen LogP contribution is -2.28. The van der Waals surface area contributed by atoms with Crippen molar-refractivity contribution in [2.75, 3.05) is 25.5 Å². The number of nitrogens with one attached hydrogen (secondary N) is 1. The molecule has 0 unspecified atom stereocenters. The third-order valence-electron chi connectivity index (χ3n) is 2.55.